The Morgan fingerprint density at radius 2 is 1.97 bits per heavy atom. The summed E-state index contributed by atoms with van der Waals surface area (Å²) in [6.07, 6.45) is 8.74. The van der Waals surface area contributed by atoms with Crippen LogP contribution in [0.15, 0.2) is 35.9 Å². The first-order valence-corrected chi connectivity index (χ1v) is 11.0. The Bertz CT molecular complexity index is 970. The van der Waals surface area contributed by atoms with Gasteiger partial charge in [0.15, 0.2) is 10.8 Å². The minimum atomic E-state index is -0.116. The van der Waals surface area contributed by atoms with Crippen LogP contribution in [0.2, 0.25) is 0 Å². The highest BCUT2D eigenvalue weighted by atomic mass is 32.2. The van der Waals surface area contributed by atoms with Gasteiger partial charge in [0.05, 0.1) is 18.1 Å². The Morgan fingerprint density at radius 3 is 2.72 bits per heavy atom. The number of nitrogens with one attached hydrogen (secondary N) is 1. The number of carbonyl (C=O) groups is 1. The van der Waals surface area contributed by atoms with Crippen LogP contribution < -0.4 is 10.2 Å². The van der Waals surface area contributed by atoms with Crippen LogP contribution in [-0.2, 0) is 6.54 Å². The molecule has 3 aromatic heterocycles. The highest BCUT2D eigenvalue weighted by Crippen LogP contribution is 2.29. The van der Waals surface area contributed by atoms with Crippen molar-refractivity contribution in [3.63, 3.8) is 0 Å². The van der Waals surface area contributed by atoms with Crippen molar-refractivity contribution in [2.75, 3.05) is 30.3 Å². The van der Waals surface area contributed by atoms with Crippen LogP contribution in [0.3, 0.4) is 0 Å². The summed E-state index contributed by atoms with van der Waals surface area (Å²) in [5.41, 5.74) is 1.43. The van der Waals surface area contributed by atoms with E-state index in [-0.39, 0.29) is 5.91 Å². The molecule has 0 radical (unpaired) electrons. The molecule has 1 amide bonds. The Kier molecular flexibility index (Phi) is 6.24. The van der Waals surface area contributed by atoms with Crippen molar-refractivity contribution < 1.29 is 4.79 Å². The van der Waals surface area contributed by atoms with Crippen molar-refractivity contribution in [2.45, 2.75) is 37.9 Å². The molecule has 0 spiro atoms. The van der Waals surface area contributed by atoms with Crippen LogP contribution in [0.1, 0.15) is 36.5 Å². The quantitative estimate of drug-likeness (QED) is 0.472. The fourth-order valence-electron chi connectivity index (χ4n) is 3.51. The topological polar surface area (TPSA) is 88.8 Å². The Morgan fingerprint density at radius 1 is 1.17 bits per heavy atom. The van der Waals surface area contributed by atoms with Crippen molar-refractivity contribution >= 4 is 34.5 Å². The van der Waals surface area contributed by atoms with E-state index in [9.17, 15) is 4.79 Å². The molecule has 8 nitrogen and oxygen atoms in total. The number of nitrogens with zero attached hydrogens (tertiary/aromatic N) is 6. The van der Waals surface area contributed by atoms with Gasteiger partial charge in [-0.05, 0) is 37.1 Å². The molecule has 0 unspecified atom stereocenters. The number of aromatic nitrogens is 5. The lowest BCUT2D eigenvalue weighted by atomic mass is 10.1. The Balaban J connectivity index is 1.53. The van der Waals surface area contributed by atoms with Gasteiger partial charge in [-0.2, -0.15) is 5.10 Å². The maximum Gasteiger partial charge on any atom is 0.251 e. The van der Waals surface area contributed by atoms with E-state index in [0.717, 1.165) is 40.9 Å². The minimum Gasteiger partial charge on any atom is -0.356 e. The highest BCUT2D eigenvalue weighted by Gasteiger charge is 2.20. The van der Waals surface area contributed by atoms with Gasteiger partial charge in [-0.25, -0.2) is 14.6 Å². The molecule has 29 heavy (non-hydrogen) atoms. The summed E-state index contributed by atoms with van der Waals surface area (Å²) in [5, 5.41) is 9.23. The Hall–Kier alpha value is -2.68. The predicted molar refractivity (Wildman–Crippen MR) is 114 cm³/mol. The summed E-state index contributed by atoms with van der Waals surface area (Å²) in [6.45, 7) is 5.17. The lowest BCUT2D eigenvalue weighted by molar-refractivity contribution is 0.0952. The van der Waals surface area contributed by atoms with Gasteiger partial charge in [0, 0.05) is 37.6 Å². The van der Waals surface area contributed by atoms with Crippen LogP contribution in [0.5, 0.6) is 0 Å². The molecule has 0 atom stereocenters. The number of piperidine rings is 1. The van der Waals surface area contributed by atoms with Crippen molar-refractivity contribution in [2.24, 2.45) is 0 Å². The molecule has 152 valence electrons. The molecular weight excluding hydrogens is 386 g/mol. The van der Waals surface area contributed by atoms with Crippen molar-refractivity contribution in [3.05, 3.63) is 36.3 Å². The molecule has 0 aliphatic carbocycles. The standard InChI is InChI=1S/C20H25N7OS/c1-2-29-20-24-17(26-11-4-3-5-12-26)16-14-23-27(18(16)25-20)13-10-22-19(28)15-6-8-21-9-7-15/h6-9,14H,2-5,10-13H2,1H3,(H,22,28). The molecule has 1 aliphatic rings. The van der Waals surface area contributed by atoms with E-state index >= 15 is 0 Å². The summed E-state index contributed by atoms with van der Waals surface area (Å²) in [5.74, 6) is 1.79. The first kappa shape index (κ1) is 19.6. The van der Waals surface area contributed by atoms with Gasteiger partial charge in [0.1, 0.15) is 5.82 Å². The third-order valence-electron chi connectivity index (χ3n) is 4.94. The van der Waals surface area contributed by atoms with Gasteiger partial charge >= 0.3 is 0 Å². The number of carbonyl (C=O) groups excluding carboxylic acids is 1. The lowest BCUT2D eigenvalue weighted by Crippen LogP contribution is -2.30. The molecule has 0 aromatic carbocycles. The van der Waals surface area contributed by atoms with E-state index in [1.54, 1.807) is 36.3 Å². The minimum absolute atomic E-state index is 0.116. The molecule has 1 fully saturated rings. The van der Waals surface area contributed by atoms with E-state index in [1.165, 1.54) is 19.3 Å². The summed E-state index contributed by atoms with van der Waals surface area (Å²) < 4.78 is 1.86. The molecule has 4 rings (SSSR count). The first-order valence-electron chi connectivity index (χ1n) is 10.1. The number of rotatable bonds is 7. The normalized spacial score (nSPS) is 14.3. The van der Waals surface area contributed by atoms with Crippen LogP contribution in [0.25, 0.3) is 11.0 Å². The zero-order valence-corrected chi connectivity index (χ0v) is 17.4. The number of thioether (sulfide) groups is 1. The van der Waals surface area contributed by atoms with Crippen LogP contribution in [0.4, 0.5) is 5.82 Å². The molecule has 3 aromatic rings. The highest BCUT2D eigenvalue weighted by molar-refractivity contribution is 7.99. The fourth-order valence-corrected chi connectivity index (χ4v) is 4.07. The molecule has 1 N–H and O–H groups in total. The van der Waals surface area contributed by atoms with Crippen molar-refractivity contribution in [1.82, 2.24) is 30.0 Å². The molecule has 0 saturated carbocycles. The third kappa shape index (κ3) is 4.50. The van der Waals surface area contributed by atoms with E-state index in [4.69, 9.17) is 9.97 Å². The summed E-state index contributed by atoms with van der Waals surface area (Å²) in [6, 6.07) is 3.40. The SMILES string of the molecule is CCSc1nc(N2CCCCC2)c2cnn(CCNC(=O)c3ccncc3)c2n1. The number of hydrogen-bond donors (Lipinski definition) is 1. The zero-order chi connectivity index (χ0) is 20.1. The average Bonchev–Trinajstić information content (AvgIpc) is 3.17. The average molecular weight is 412 g/mol. The third-order valence-corrected chi connectivity index (χ3v) is 5.67. The lowest BCUT2D eigenvalue weighted by Gasteiger charge is -2.28. The van der Waals surface area contributed by atoms with E-state index in [0.29, 0.717) is 18.7 Å². The Labute approximate surface area is 174 Å². The number of hydrogen-bond acceptors (Lipinski definition) is 7. The number of pyridine rings is 1. The van der Waals surface area contributed by atoms with Crippen LogP contribution >= 0.6 is 11.8 Å². The van der Waals surface area contributed by atoms with Gasteiger partial charge in [0.2, 0.25) is 0 Å². The van der Waals surface area contributed by atoms with Crippen LogP contribution in [0, 0.1) is 0 Å². The second kappa shape index (κ2) is 9.21. The fraction of sp³-hybridized carbons (Fsp3) is 0.450. The van der Waals surface area contributed by atoms with Crippen molar-refractivity contribution in [1.29, 1.82) is 0 Å². The predicted octanol–water partition coefficient (Wildman–Crippen LogP) is 2.75. The van der Waals surface area contributed by atoms with Crippen LogP contribution in [-0.4, -0.2) is 56.0 Å². The maximum atomic E-state index is 12.2. The van der Waals surface area contributed by atoms with E-state index in [1.807, 2.05) is 10.9 Å². The van der Waals surface area contributed by atoms with Crippen molar-refractivity contribution in [3.8, 4) is 0 Å². The van der Waals surface area contributed by atoms with E-state index in [2.05, 4.69) is 27.2 Å². The monoisotopic (exact) mass is 411 g/mol. The van der Waals surface area contributed by atoms with E-state index < -0.39 is 0 Å². The molecule has 1 saturated heterocycles. The molecule has 9 heteroatoms. The number of fused-ring (bicyclic) bond motifs is 1. The van der Waals surface area contributed by atoms with Gasteiger partial charge in [-0.3, -0.25) is 9.78 Å². The summed E-state index contributed by atoms with van der Waals surface area (Å²) in [7, 11) is 0. The summed E-state index contributed by atoms with van der Waals surface area (Å²) >= 11 is 1.64. The van der Waals surface area contributed by atoms with Gasteiger partial charge in [-0.1, -0.05) is 18.7 Å². The second-order valence-electron chi connectivity index (χ2n) is 6.91. The molecular formula is C20H25N7OS. The molecule has 1 aliphatic heterocycles. The zero-order valence-electron chi connectivity index (χ0n) is 16.5. The largest absolute Gasteiger partial charge is 0.356 e. The second-order valence-corrected chi connectivity index (χ2v) is 8.14. The molecule has 0 bridgehead atoms. The first-order chi connectivity index (χ1) is 14.3. The van der Waals surface area contributed by atoms with Gasteiger partial charge in [0.25, 0.3) is 5.91 Å². The molecule has 4 heterocycles. The smallest absolute Gasteiger partial charge is 0.251 e. The number of anilines is 1. The summed E-state index contributed by atoms with van der Waals surface area (Å²) in [4.78, 5) is 28.1. The van der Waals surface area contributed by atoms with Gasteiger partial charge < -0.3 is 10.2 Å². The number of amides is 1. The van der Waals surface area contributed by atoms with Gasteiger partial charge in [-0.15, -0.1) is 0 Å². The maximum absolute atomic E-state index is 12.2.